The normalized spacial score (nSPS) is 26.3. The Bertz CT molecular complexity index is 4180. The van der Waals surface area contributed by atoms with Gasteiger partial charge in [0.1, 0.15) is 93.4 Å². The molecule has 8 aromatic carbocycles. The van der Waals surface area contributed by atoms with Crippen LogP contribution in [0, 0.1) is 0 Å². The van der Waals surface area contributed by atoms with Crippen molar-refractivity contribution < 1.29 is 120 Å². The molecule has 430 valence electrons. The molecule has 0 unspecified atom stereocenters. The van der Waals surface area contributed by atoms with E-state index in [0.717, 1.165) is 78.9 Å². The van der Waals surface area contributed by atoms with Crippen LogP contribution in [0.1, 0.15) is 91.2 Å². The van der Waals surface area contributed by atoms with Gasteiger partial charge in [-0.25, -0.2) is 0 Å². The summed E-state index contributed by atoms with van der Waals surface area (Å²) >= 11 is 0. The van der Waals surface area contributed by atoms with Crippen LogP contribution in [-0.2, 0) is 18.0 Å². The molecule has 0 saturated heterocycles. The minimum atomic E-state index is -2.49. The minimum Gasteiger partial charge on any atom is -0.508 e. The van der Waals surface area contributed by atoms with Crippen LogP contribution in [-0.4, -0.2) is 116 Å². The van der Waals surface area contributed by atoms with Gasteiger partial charge in [-0.2, -0.15) is 0 Å². The lowest BCUT2D eigenvalue weighted by Gasteiger charge is -2.51. The summed E-state index contributed by atoms with van der Waals surface area (Å²) in [4.78, 5) is 0. The molecule has 6 aliphatic rings. The second-order valence-electron chi connectivity index (χ2n) is 21.4. The van der Waals surface area contributed by atoms with Crippen molar-refractivity contribution in [3.05, 3.63) is 164 Å². The van der Waals surface area contributed by atoms with E-state index >= 15 is 0 Å². The zero-order valence-corrected chi connectivity index (χ0v) is 42.7. The Morgan fingerprint density at radius 3 is 1.31 bits per heavy atom. The number of hydrogen-bond donors (Lipinski definition) is 18. The van der Waals surface area contributed by atoms with Crippen LogP contribution >= 0.6 is 0 Å². The molecule has 0 radical (unpaired) electrons. The molecule has 6 aliphatic heterocycles. The fourth-order valence-corrected chi connectivity index (χ4v) is 12.9. The first-order chi connectivity index (χ1) is 40.0. The molecule has 0 fully saturated rings. The van der Waals surface area contributed by atoms with Crippen molar-refractivity contribution in [2.45, 2.75) is 72.4 Å². The number of ether oxygens (including phenoxy) is 6. The Balaban J connectivity index is 1.02. The molecule has 0 spiro atoms. The van der Waals surface area contributed by atoms with Crippen LogP contribution in [0.15, 0.2) is 103 Å². The summed E-state index contributed by atoms with van der Waals surface area (Å²) in [6, 6.07) is 18.8. The van der Waals surface area contributed by atoms with Gasteiger partial charge in [-0.3, -0.25) is 0 Å². The molecule has 0 aromatic heterocycles. The van der Waals surface area contributed by atoms with Crippen molar-refractivity contribution in [3.8, 4) is 115 Å². The second-order valence-corrected chi connectivity index (χ2v) is 21.4. The van der Waals surface area contributed by atoms with Crippen LogP contribution in [0.3, 0.4) is 0 Å². The Hall–Kier alpha value is -10.4. The average molecular weight is 1150 g/mol. The zero-order chi connectivity index (χ0) is 59.1. The monoisotopic (exact) mass is 1150 g/mol. The van der Waals surface area contributed by atoms with E-state index in [4.69, 9.17) is 28.4 Å². The number of aliphatic hydroxyl groups is 4. The SMILES string of the molecule is Oc1cc(O)c2c(c1)O[C@@]1(c3ccc(O)c(O)c3)Oc3cc(O)c4c(c3[C@@H]2[C@H]1O)O[C@H](c1ccc(O)c(O)c1)[C@H](O)[C@H]4c1c(O)cc2c(c1O)[C@@H]1c3c(cc(O)c4c3O[C@H](c3ccc(O)c(O)c3)[C@@H](O)C4)O[C@](c3ccc(O)c(O)c3)(O2)[C@@H]1O. The average Bonchev–Trinajstić information content (AvgIpc) is 0.777. The lowest BCUT2D eigenvalue weighted by molar-refractivity contribution is -0.219. The first-order valence-corrected chi connectivity index (χ1v) is 25.8. The van der Waals surface area contributed by atoms with E-state index in [1.165, 1.54) is 24.3 Å². The Morgan fingerprint density at radius 2 is 0.774 bits per heavy atom. The lowest BCUT2D eigenvalue weighted by atomic mass is 9.70. The molecular formula is C60H46O24. The molecule has 11 atom stereocenters. The molecule has 0 saturated carbocycles. The number of phenols is 14. The van der Waals surface area contributed by atoms with Crippen LogP contribution in [0.4, 0.5) is 0 Å². The topological polar surface area (TPSA) is 420 Å². The second kappa shape index (κ2) is 17.6. The van der Waals surface area contributed by atoms with Crippen LogP contribution < -0.4 is 28.4 Å². The van der Waals surface area contributed by atoms with Gasteiger partial charge in [0, 0.05) is 86.8 Å². The van der Waals surface area contributed by atoms with Crippen molar-refractivity contribution in [2.24, 2.45) is 0 Å². The van der Waals surface area contributed by atoms with Crippen molar-refractivity contribution in [1.29, 1.82) is 0 Å². The first kappa shape index (κ1) is 51.7. The molecule has 84 heavy (non-hydrogen) atoms. The highest BCUT2D eigenvalue weighted by Crippen LogP contribution is 2.68. The van der Waals surface area contributed by atoms with Gasteiger partial charge in [-0.05, 0) is 71.8 Å². The number of rotatable bonds is 5. The third-order valence-electron chi connectivity index (χ3n) is 16.7. The van der Waals surface area contributed by atoms with Gasteiger partial charge in [0.15, 0.2) is 52.1 Å². The Morgan fingerprint density at radius 1 is 0.345 bits per heavy atom. The van der Waals surface area contributed by atoms with Crippen LogP contribution in [0.5, 0.6) is 115 Å². The van der Waals surface area contributed by atoms with Gasteiger partial charge in [-0.15, -0.1) is 0 Å². The summed E-state index contributed by atoms with van der Waals surface area (Å²) in [5.41, 5.74) is -2.17. The van der Waals surface area contributed by atoms with Crippen LogP contribution in [0.25, 0.3) is 0 Å². The Kier molecular flexibility index (Phi) is 10.8. The molecular weight excluding hydrogens is 1100 g/mol. The third-order valence-corrected chi connectivity index (χ3v) is 16.7. The zero-order valence-electron chi connectivity index (χ0n) is 42.7. The highest BCUT2D eigenvalue weighted by Gasteiger charge is 2.63. The molecule has 0 aliphatic carbocycles. The minimum absolute atomic E-state index is 0.0346. The maximum Gasteiger partial charge on any atom is 0.305 e. The summed E-state index contributed by atoms with van der Waals surface area (Å²) in [5.74, 6) is -21.3. The fourth-order valence-electron chi connectivity index (χ4n) is 12.9. The summed E-state index contributed by atoms with van der Waals surface area (Å²) in [6.45, 7) is 0. The van der Waals surface area contributed by atoms with E-state index in [0.29, 0.717) is 0 Å². The van der Waals surface area contributed by atoms with E-state index in [9.17, 15) is 91.9 Å². The smallest absolute Gasteiger partial charge is 0.305 e. The maximum absolute atomic E-state index is 13.3. The molecule has 8 aromatic rings. The maximum atomic E-state index is 13.3. The van der Waals surface area contributed by atoms with Crippen molar-refractivity contribution in [1.82, 2.24) is 0 Å². The molecule has 4 bridgehead atoms. The molecule has 18 N–H and O–H groups in total. The van der Waals surface area contributed by atoms with E-state index in [1.54, 1.807) is 0 Å². The van der Waals surface area contributed by atoms with E-state index in [2.05, 4.69) is 0 Å². The van der Waals surface area contributed by atoms with Gasteiger partial charge in [0.05, 0.1) is 23.9 Å². The highest BCUT2D eigenvalue weighted by molar-refractivity contribution is 5.74. The number of hydrogen-bond acceptors (Lipinski definition) is 24. The van der Waals surface area contributed by atoms with Gasteiger partial charge >= 0.3 is 11.6 Å². The largest absolute Gasteiger partial charge is 0.508 e. The molecule has 6 heterocycles. The number of fused-ring (bicyclic) bond motifs is 16. The van der Waals surface area contributed by atoms with Crippen molar-refractivity contribution in [2.75, 3.05) is 0 Å². The highest BCUT2D eigenvalue weighted by atomic mass is 16.7. The van der Waals surface area contributed by atoms with E-state index in [1.807, 2.05) is 0 Å². The van der Waals surface area contributed by atoms with Gasteiger partial charge in [-0.1, -0.05) is 12.1 Å². The predicted molar refractivity (Wildman–Crippen MR) is 281 cm³/mol. The van der Waals surface area contributed by atoms with Gasteiger partial charge in [0.2, 0.25) is 0 Å². The molecule has 0 amide bonds. The Labute approximate surface area is 470 Å². The first-order valence-electron chi connectivity index (χ1n) is 25.8. The fraction of sp³-hybridized carbons (Fsp3) is 0.200. The number of phenolic OH excluding ortho intramolecular Hbond substituents is 14. The van der Waals surface area contributed by atoms with E-state index in [-0.39, 0.29) is 79.5 Å². The van der Waals surface area contributed by atoms with Crippen molar-refractivity contribution in [3.63, 3.8) is 0 Å². The number of aliphatic hydroxyl groups excluding tert-OH is 4. The summed E-state index contributed by atoms with van der Waals surface area (Å²) < 4.78 is 39.1. The van der Waals surface area contributed by atoms with E-state index < -0.39 is 169 Å². The number of aromatic hydroxyl groups is 14. The predicted octanol–water partition coefficient (Wildman–Crippen LogP) is 5.49. The van der Waals surface area contributed by atoms with Crippen molar-refractivity contribution >= 4 is 0 Å². The molecule has 14 rings (SSSR count). The van der Waals surface area contributed by atoms with Gasteiger partial charge in [0.25, 0.3) is 0 Å². The third kappa shape index (κ3) is 7.01. The summed E-state index contributed by atoms with van der Waals surface area (Å²) in [5, 5.41) is 207. The summed E-state index contributed by atoms with van der Waals surface area (Å²) in [6.07, 6.45) is -11.0. The quantitative estimate of drug-likeness (QED) is 0.0947. The van der Waals surface area contributed by atoms with Gasteiger partial charge < -0.3 is 120 Å². The standard InChI is InChI=1S/C60H46O24/c61-23-13-34(71)42-38(14-23)81-59(21-3-7-27(64)32(69)11-21)57(77)49(42)47-41(84-59)18-36(73)44-48(52(76)54(80-56(44)47)20-2-6-26(63)31(68)10-20)43-35(72)17-39-45(51(43)75)50-46-40(83-60(82-39,58(50)78)22-4-8-28(65)33(70)12-22)16-29(66)24-15-37(74)53(79-55(24)46)19-1-5-25(62)30(67)9-19/h1-14,16-18,37,48-50,52-54,57-58,61-78H,15H2/t37-,48-,49+,50+,52+,53+,54+,57+,58+,59-,60-/m0/s1. The summed E-state index contributed by atoms with van der Waals surface area (Å²) in [7, 11) is 0. The van der Waals surface area contributed by atoms with Crippen LogP contribution in [0.2, 0.25) is 0 Å². The molecule has 24 heteroatoms. The number of benzene rings is 8. The molecule has 24 nitrogen and oxygen atoms in total. The lowest BCUT2D eigenvalue weighted by Crippen LogP contribution is -2.57.